The monoisotopic (exact) mass is 480 g/mol. The number of nitrogens with one attached hydrogen (secondary N) is 2. The molecule has 0 radical (unpaired) electrons. The van der Waals surface area contributed by atoms with E-state index >= 15 is 0 Å². The Bertz CT molecular complexity index is 1250. The molecule has 0 unspecified atom stereocenters. The zero-order valence-corrected chi connectivity index (χ0v) is 21.2. The molecule has 186 valence electrons. The molecule has 4 heterocycles. The van der Waals surface area contributed by atoms with Crippen LogP contribution in [0.25, 0.3) is 0 Å². The summed E-state index contributed by atoms with van der Waals surface area (Å²) in [7, 11) is 0. The van der Waals surface area contributed by atoms with Crippen LogP contribution in [0.4, 0.5) is 11.5 Å². The number of rotatable bonds is 6. The number of nitrogens with zero attached hydrogens (tertiary/aromatic N) is 4. The van der Waals surface area contributed by atoms with Gasteiger partial charge in [0.2, 0.25) is 0 Å². The summed E-state index contributed by atoms with van der Waals surface area (Å²) in [5.74, 6) is 2.38. The molecule has 0 bridgehead atoms. The minimum absolute atomic E-state index is 0.617. The summed E-state index contributed by atoms with van der Waals surface area (Å²) in [5, 5.41) is 14.4. The smallest absolute Gasteiger partial charge is 0.123 e. The van der Waals surface area contributed by atoms with Gasteiger partial charge in [0.05, 0.1) is 18.1 Å². The van der Waals surface area contributed by atoms with E-state index in [-0.39, 0.29) is 0 Å². The number of anilines is 2. The van der Waals surface area contributed by atoms with Crippen molar-refractivity contribution in [2.75, 3.05) is 36.0 Å². The second-order valence-corrected chi connectivity index (χ2v) is 10.4. The maximum Gasteiger partial charge on any atom is 0.123 e. The van der Waals surface area contributed by atoms with E-state index in [1.165, 1.54) is 48.1 Å². The number of aromatic nitrogens is 4. The number of aromatic amines is 2. The summed E-state index contributed by atoms with van der Waals surface area (Å²) in [6, 6.07) is 18.2. The minimum Gasteiger partial charge on any atom is -0.369 e. The maximum absolute atomic E-state index is 4.14. The highest BCUT2D eigenvalue weighted by Crippen LogP contribution is 2.37. The van der Waals surface area contributed by atoms with Crippen LogP contribution in [0.2, 0.25) is 0 Å². The van der Waals surface area contributed by atoms with Gasteiger partial charge in [-0.25, -0.2) is 0 Å². The third kappa shape index (κ3) is 4.64. The van der Waals surface area contributed by atoms with Gasteiger partial charge in [-0.05, 0) is 78.7 Å². The molecule has 0 spiro atoms. The average Bonchev–Trinajstić information content (AvgIpc) is 3.65. The first-order valence-electron chi connectivity index (χ1n) is 13.4. The molecule has 6 rings (SSSR count). The van der Waals surface area contributed by atoms with Gasteiger partial charge in [0.15, 0.2) is 0 Å². The molecule has 0 atom stereocenters. The van der Waals surface area contributed by atoms with E-state index in [0.29, 0.717) is 11.8 Å². The lowest BCUT2D eigenvalue weighted by atomic mass is 9.80. The third-order valence-corrected chi connectivity index (χ3v) is 8.36. The molecule has 2 N–H and O–H groups in total. The van der Waals surface area contributed by atoms with Crippen molar-refractivity contribution in [3.05, 3.63) is 94.9 Å². The molecule has 2 aromatic heterocycles. The van der Waals surface area contributed by atoms with Gasteiger partial charge in [-0.2, -0.15) is 10.2 Å². The van der Waals surface area contributed by atoms with Crippen molar-refractivity contribution < 1.29 is 0 Å². The third-order valence-electron chi connectivity index (χ3n) is 8.36. The Morgan fingerprint density at radius 1 is 0.806 bits per heavy atom. The molecule has 6 heteroatoms. The first-order chi connectivity index (χ1) is 17.8. The van der Waals surface area contributed by atoms with E-state index in [1.807, 2.05) is 18.6 Å². The standard InChI is InChI=1S/C30H36N6/c1-22-5-4-7-26(30(22)24-12-15-35(16-13-24)27-20-32-33-21-27)19-25-6-2-3-8-28(25)23-10-17-36(18-11-23)29-9-14-31-34-29/h2-9,14,20-21,23-24H,10-13,15-19H2,1H3,(H,31,34)(H,32,33). The van der Waals surface area contributed by atoms with E-state index in [2.05, 4.69) is 85.6 Å². The molecule has 2 aromatic carbocycles. The van der Waals surface area contributed by atoms with Crippen LogP contribution in [-0.4, -0.2) is 46.6 Å². The fraction of sp³-hybridized carbons (Fsp3) is 0.400. The molecule has 2 saturated heterocycles. The van der Waals surface area contributed by atoms with Crippen LogP contribution in [0, 0.1) is 6.92 Å². The van der Waals surface area contributed by atoms with Crippen LogP contribution in [0.1, 0.15) is 65.3 Å². The number of aryl methyl sites for hydroxylation is 1. The lowest BCUT2D eigenvalue weighted by Crippen LogP contribution is -2.33. The van der Waals surface area contributed by atoms with E-state index < -0.39 is 0 Å². The van der Waals surface area contributed by atoms with Crippen molar-refractivity contribution in [3.8, 4) is 0 Å². The first-order valence-corrected chi connectivity index (χ1v) is 13.4. The fourth-order valence-corrected chi connectivity index (χ4v) is 6.48. The molecule has 0 amide bonds. The Balaban J connectivity index is 1.19. The van der Waals surface area contributed by atoms with Crippen molar-refractivity contribution in [1.29, 1.82) is 0 Å². The summed E-state index contributed by atoms with van der Waals surface area (Å²) < 4.78 is 0. The number of H-pyrrole nitrogens is 2. The van der Waals surface area contributed by atoms with Crippen molar-refractivity contribution in [2.45, 2.75) is 50.9 Å². The molecule has 2 aliphatic rings. The summed E-state index contributed by atoms with van der Waals surface area (Å²) in [4.78, 5) is 4.89. The van der Waals surface area contributed by atoms with Crippen molar-refractivity contribution in [2.24, 2.45) is 0 Å². The van der Waals surface area contributed by atoms with E-state index in [9.17, 15) is 0 Å². The molecule has 4 aromatic rings. The molecule has 6 nitrogen and oxygen atoms in total. The Morgan fingerprint density at radius 2 is 1.56 bits per heavy atom. The summed E-state index contributed by atoms with van der Waals surface area (Å²) in [6.07, 6.45) is 11.6. The summed E-state index contributed by atoms with van der Waals surface area (Å²) in [5.41, 5.74) is 8.81. The lowest BCUT2D eigenvalue weighted by Gasteiger charge is -2.35. The predicted molar refractivity (Wildman–Crippen MR) is 146 cm³/mol. The quantitative estimate of drug-likeness (QED) is 0.366. The topological polar surface area (TPSA) is 63.8 Å². The number of piperidine rings is 2. The van der Waals surface area contributed by atoms with Crippen LogP contribution in [0.15, 0.2) is 67.1 Å². The van der Waals surface area contributed by atoms with Crippen LogP contribution in [-0.2, 0) is 6.42 Å². The van der Waals surface area contributed by atoms with Gasteiger partial charge in [0.1, 0.15) is 5.82 Å². The van der Waals surface area contributed by atoms with E-state index in [0.717, 1.165) is 38.4 Å². The molecular weight excluding hydrogens is 444 g/mol. The van der Waals surface area contributed by atoms with Gasteiger partial charge in [0, 0.05) is 38.4 Å². The van der Waals surface area contributed by atoms with Gasteiger partial charge < -0.3 is 9.80 Å². The zero-order valence-electron chi connectivity index (χ0n) is 21.2. The van der Waals surface area contributed by atoms with Crippen LogP contribution in [0.3, 0.4) is 0 Å². The SMILES string of the molecule is Cc1cccc(Cc2ccccc2C2CCN(c3ccn[nH]3)CC2)c1C1CCN(c2cn[nH]c2)CC1. The van der Waals surface area contributed by atoms with Crippen LogP contribution < -0.4 is 9.80 Å². The highest BCUT2D eigenvalue weighted by molar-refractivity contribution is 5.46. The van der Waals surface area contributed by atoms with Gasteiger partial charge >= 0.3 is 0 Å². The molecule has 36 heavy (non-hydrogen) atoms. The number of hydrogen-bond acceptors (Lipinski definition) is 4. The normalized spacial score (nSPS) is 17.6. The van der Waals surface area contributed by atoms with Gasteiger partial charge in [-0.3, -0.25) is 10.2 Å². The molecule has 2 fully saturated rings. The minimum atomic E-state index is 0.617. The predicted octanol–water partition coefficient (Wildman–Crippen LogP) is 5.80. The molecule has 0 aliphatic carbocycles. The first kappa shape index (κ1) is 22.9. The van der Waals surface area contributed by atoms with Crippen molar-refractivity contribution >= 4 is 11.5 Å². The average molecular weight is 481 g/mol. The Kier molecular flexibility index (Phi) is 6.50. The highest BCUT2D eigenvalue weighted by atomic mass is 15.3. The lowest BCUT2D eigenvalue weighted by molar-refractivity contribution is 0.498. The van der Waals surface area contributed by atoms with Gasteiger partial charge in [0.25, 0.3) is 0 Å². The zero-order chi connectivity index (χ0) is 24.3. The number of hydrogen-bond donors (Lipinski definition) is 2. The van der Waals surface area contributed by atoms with Crippen molar-refractivity contribution in [1.82, 2.24) is 20.4 Å². The molecule has 0 saturated carbocycles. The fourth-order valence-electron chi connectivity index (χ4n) is 6.48. The molecular formula is C30H36N6. The van der Waals surface area contributed by atoms with Gasteiger partial charge in [-0.1, -0.05) is 42.5 Å². The van der Waals surface area contributed by atoms with Crippen LogP contribution >= 0.6 is 0 Å². The largest absolute Gasteiger partial charge is 0.369 e. The Labute approximate surface area is 213 Å². The van der Waals surface area contributed by atoms with Crippen LogP contribution in [0.5, 0.6) is 0 Å². The highest BCUT2D eigenvalue weighted by Gasteiger charge is 2.26. The van der Waals surface area contributed by atoms with Crippen molar-refractivity contribution in [3.63, 3.8) is 0 Å². The van der Waals surface area contributed by atoms with E-state index in [1.54, 1.807) is 11.1 Å². The second kappa shape index (κ2) is 10.2. The summed E-state index contributed by atoms with van der Waals surface area (Å²) >= 11 is 0. The Morgan fingerprint density at radius 3 is 2.31 bits per heavy atom. The van der Waals surface area contributed by atoms with E-state index in [4.69, 9.17) is 0 Å². The summed E-state index contributed by atoms with van der Waals surface area (Å²) in [6.45, 7) is 6.63. The second-order valence-electron chi connectivity index (χ2n) is 10.4. The Hall–Kier alpha value is -3.54. The maximum atomic E-state index is 4.14. The van der Waals surface area contributed by atoms with Gasteiger partial charge in [-0.15, -0.1) is 0 Å². The number of benzene rings is 2. The molecule has 2 aliphatic heterocycles.